The van der Waals surface area contributed by atoms with Crippen molar-refractivity contribution >= 4 is 24.2 Å². The topological polar surface area (TPSA) is 101 Å². The van der Waals surface area contributed by atoms with Crippen LogP contribution in [0.1, 0.15) is 10.5 Å². The summed E-state index contributed by atoms with van der Waals surface area (Å²) in [5.41, 5.74) is 1.59. The van der Waals surface area contributed by atoms with E-state index in [-0.39, 0.29) is 11.6 Å². The molecule has 0 saturated carbocycles. The number of amides is 1. The lowest BCUT2D eigenvalue weighted by Crippen LogP contribution is -2.25. The Balaban J connectivity index is 2.16. The number of nitro groups is 1. The summed E-state index contributed by atoms with van der Waals surface area (Å²) in [4.78, 5) is 21.8. The van der Waals surface area contributed by atoms with E-state index < -0.39 is 4.92 Å². The number of H-pyrrole nitrogens is 1. The van der Waals surface area contributed by atoms with Crippen molar-refractivity contribution in [3.05, 3.63) is 46.1 Å². The van der Waals surface area contributed by atoms with E-state index in [2.05, 4.69) is 28.1 Å². The first-order chi connectivity index (χ1) is 9.61. The number of nitrogens with zero attached hydrogens (tertiary/aromatic N) is 2. The Morgan fingerprint density at radius 3 is 2.70 bits per heavy atom. The Morgan fingerprint density at radius 1 is 1.40 bits per heavy atom. The van der Waals surface area contributed by atoms with Gasteiger partial charge in [0, 0.05) is 30.0 Å². The maximum Gasteiger partial charge on any atom is 0.269 e. The molecule has 8 heteroatoms. The van der Waals surface area contributed by atoms with Gasteiger partial charge in [0.1, 0.15) is 5.69 Å². The number of nitro benzene ring substituents is 1. The molecule has 0 bridgehead atoms. The molecule has 20 heavy (non-hydrogen) atoms. The number of carbonyl (C=O) groups is 1. The van der Waals surface area contributed by atoms with Crippen LogP contribution in [0.25, 0.3) is 11.3 Å². The van der Waals surface area contributed by atoms with E-state index in [1.165, 1.54) is 12.1 Å². The van der Waals surface area contributed by atoms with Crippen LogP contribution in [-0.4, -0.2) is 33.3 Å². The summed E-state index contributed by atoms with van der Waals surface area (Å²) in [5.74, 6) is 0.287. The summed E-state index contributed by atoms with van der Waals surface area (Å²) in [6.45, 7) is 0.466. The van der Waals surface area contributed by atoms with Gasteiger partial charge in [-0.3, -0.25) is 20.0 Å². The van der Waals surface area contributed by atoms with Crippen LogP contribution in [0.2, 0.25) is 0 Å². The monoisotopic (exact) mass is 292 g/mol. The van der Waals surface area contributed by atoms with Crippen LogP contribution in [0.3, 0.4) is 0 Å². The van der Waals surface area contributed by atoms with Gasteiger partial charge < -0.3 is 5.32 Å². The Morgan fingerprint density at radius 2 is 2.10 bits per heavy atom. The molecule has 1 heterocycles. The molecule has 0 aliphatic rings. The minimum absolute atomic E-state index is 0.0102. The largest absolute Gasteiger partial charge is 0.350 e. The zero-order chi connectivity index (χ0) is 14.5. The number of benzene rings is 1. The van der Waals surface area contributed by atoms with E-state index in [9.17, 15) is 14.9 Å². The van der Waals surface area contributed by atoms with Crippen molar-refractivity contribution in [1.29, 1.82) is 0 Å². The predicted molar refractivity (Wildman–Crippen MR) is 76.9 cm³/mol. The summed E-state index contributed by atoms with van der Waals surface area (Å²) in [6, 6.07) is 7.55. The van der Waals surface area contributed by atoms with E-state index in [0.717, 1.165) is 0 Å². The number of non-ortho nitro benzene ring substituents is 1. The molecule has 1 amide bonds. The van der Waals surface area contributed by atoms with Gasteiger partial charge in [0.05, 0.1) is 10.6 Å². The first-order valence-corrected chi connectivity index (χ1v) is 6.44. The normalized spacial score (nSPS) is 10.2. The van der Waals surface area contributed by atoms with Gasteiger partial charge in [-0.1, -0.05) is 0 Å². The van der Waals surface area contributed by atoms with Crippen molar-refractivity contribution in [1.82, 2.24) is 15.5 Å². The van der Waals surface area contributed by atoms with Crippen LogP contribution in [0.15, 0.2) is 30.3 Å². The van der Waals surface area contributed by atoms with Crippen LogP contribution in [0.4, 0.5) is 5.69 Å². The molecule has 104 valence electrons. The van der Waals surface area contributed by atoms with Gasteiger partial charge in [-0.25, -0.2) is 0 Å². The highest BCUT2D eigenvalue weighted by atomic mass is 32.1. The Bertz CT molecular complexity index is 624. The fourth-order valence-corrected chi connectivity index (χ4v) is 1.72. The molecule has 2 N–H and O–H groups in total. The van der Waals surface area contributed by atoms with Crippen molar-refractivity contribution in [2.45, 2.75) is 0 Å². The number of aromatic amines is 1. The smallest absolute Gasteiger partial charge is 0.269 e. The van der Waals surface area contributed by atoms with Crippen LogP contribution >= 0.6 is 12.6 Å². The second kappa shape index (κ2) is 6.20. The number of thiol groups is 1. The van der Waals surface area contributed by atoms with Crippen LogP contribution in [0.5, 0.6) is 0 Å². The second-order valence-corrected chi connectivity index (χ2v) is 4.40. The molecular formula is C12H12N4O3S. The standard InChI is InChI=1S/C12H12N4O3S/c17-12(13-5-6-20)11-7-10(14-15-11)8-1-3-9(4-2-8)16(18)19/h1-4,7,20H,5-6H2,(H,13,17)(H,14,15). The third-order valence-electron chi connectivity index (χ3n) is 2.59. The molecule has 0 radical (unpaired) electrons. The van der Waals surface area contributed by atoms with Crippen molar-refractivity contribution in [2.24, 2.45) is 0 Å². The molecule has 0 aliphatic heterocycles. The molecular weight excluding hydrogens is 280 g/mol. The molecule has 0 saturated heterocycles. The van der Waals surface area contributed by atoms with Crippen molar-refractivity contribution in [3.8, 4) is 11.3 Å². The fourth-order valence-electron chi connectivity index (χ4n) is 1.60. The van der Waals surface area contributed by atoms with Gasteiger partial charge >= 0.3 is 0 Å². The number of carbonyl (C=O) groups excluding carboxylic acids is 1. The number of nitrogens with one attached hydrogen (secondary N) is 2. The second-order valence-electron chi connectivity index (χ2n) is 3.95. The maximum atomic E-state index is 11.7. The first-order valence-electron chi connectivity index (χ1n) is 5.81. The Labute approximate surface area is 120 Å². The minimum atomic E-state index is -0.468. The van der Waals surface area contributed by atoms with Crippen LogP contribution in [0, 0.1) is 10.1 Å². The third kappa shape index (κ3) is 3.15. The average Bonchev–Trinajstić information content (AvgIpc) is 2.94. The van der Waals surface area contributed by atoms with Crippen molar-refractivity contribution < 1.29 is 9.72 Å². The highest BCUT2D eigenvalue weighted by Crippen LogP contribution is 2.21. The molecule has 2 rings (SSSR count). The van der Waals surface area contributed by atoms with E-state index in [4.69, 9.17) is 0 Å². The SMILES string of the molecule is O=C(NCCS)c1cc(-c2ccc([N+](=O)[O-])cc2)n[nH]1. The third-order valence-corrected chi connectivity index (χ3v) is 2.82. The molecule has 0 fully saturated rings. The van der Waals surface area contributed by atoms with E-state index >= 15 is 0 Å². The molecule has 2 aromatic rings. The number of hydrogen-bond donors (Lipinski definition) is 3. The molecule has 0 spiro atoms. The molecule has 1 aromatic heterocycles. The zero-order valence-electron chi connectivity index (χ0n) is 10.4. The molecule has 0 atom stereocenters. The summed E-state index contributed by atoms with van der Waals surface area (Å²) >= 11 is 4.00. The van der Waals surface area contributed by atoms with Crippen LogP contribution < -0.4 is 5.32 Å². The summed E-state index contributed by atoms with van der Waals surface area (Å²) in [6.07, 6.45) is 0. The maximum absolute atomic E-state index is 11.7. The lowest BCUT2D eigenvalue weighted by molar-refractivity contribution is -0.384. The van der Waals surface area contributed by atoms with Gasteiger partial charge in [-0.2, -0.15) is 17.7 Å². The van der Waals surface area contributed by atoms with Gasteiger partial charge in [0.15, 0.2) is 0 Å². The highest BCUT2D eigenvalue weighted by Gasteiger charge is 2.11. The molecule has 0 unspecified atom stereocenters. The van der Waals surface area contributed by atoms with E-state index in [0.29, 0.717) is 29.2 Å². The van der Waals surface area contributed by atoms with E-state index in [1.54, 1.807) is 18.2 Å². The lowest BCUT2D eigenvalue weighted by atomic mass is 10.1. The Kier molecular flexibility index (Phi) is 4.36. The quantitative estimate of drug-likeness (QED) is 0.443. The molecule has 0 aliphatic carbocycles. The summed E-state index contributed by atoms with van der Waals surface area (Å²) in [5, 5.41) is 19.9. The number of aromatic nitrogens is 2. The summed E-state index contributed by atoms with van der Waals surface area (Å²) in [7, 11) is 0. The predicted octanol–water partition coefficient (Wildman–Crippen LogP) is 1.64. The number of hydrogen-bond acceptors (Lipinski definition) is 5. The van der Waals surface area contributed by atoms with Gasteiger partial charge in [-0.05, 0) is 18.2 Å². The number of rotatable bonds is 5. The average molecular weight is 292 g/mol. The minimum Gasteiger partial charge on any atom is -0.350 e. The van der Waals surface area contributed by atoms with Crippen LogP contribution in [-0.2, 0) is 0 Å². The van der Waals surface area contributed by atoms with Crippen molar-refractivity contribution in [3.63, 3.8) is 0 Å². The van der Waals surface area contributed by atoms with Gasteiger partial charge in [-0.15, -0.1) is 0 Å². The first kappa shape index (κ1) is 14.1. The molecule has 1 aromatic carbocycles. The van der Waals surface area contributed by atoms with Gasteiger partial charge in [0.25, 0.3) is 11.6 Å². The van der Waals surface area contributed by atoms with E-state index in [1.807, 2.05) is 0 Å². The Hall–Kier alpha value is -2.35. The summed E-state index contributed by atoms with van der Waals surface area (Å²) < 4.78 is 0. The molecule has 7 nitrogen and oxygen atoms in total. The van der Waals surface area contributed by atoms with Crippen molar-refractivity contribution in [2.75, 3.05) is 12.3 Å². The zero-order valence-corrected chi connectivity index (χ0v) is 11.3. The highest BCUT2D eigenvalue weighted by molar-refractivity contribution is 7.80. The lowest BCUT2D eigenvalue weighted by Gasteiger charge is -1.98. The fraction of sp³-hybridized carbons (Fsp3) is 0.167. The van der Waals surface area contributed by atoms with Gasteiger partial charge in [0.2, 0.25) is 0 Å².